The number of nitrogens with zero attached hydrogens (tertiary/aromatic N) is 1. The first kappa shape index (κ1) is 17.0. The fraction of sp³-hybridized carbons (Fsp3) is 1.00. The first-order valence-corrected chi connectivity index (χ1v) is 7.17. The lowest BCUT2D eigenvalue weighted by Gasteiger charge is -2.25. The van der Waals surface area contributed by atoms with E-state index in [0.717, 1.165) is 20.4 Å². The molecule has 0 amide bonds. The normalized spacial score (nSPS) is 14.0. The van der Waals surface area contributed by atoms with Gasteiger partial charge in [-0.25, -0.2) is 0 Å². The number of rotatable bonds is 10. The maximum atomic E-state index is 5.88. The van der Waals surface area contributed by atoms with E-state index in [0.29, 0.717) is 5.54 Å². The number of nitrogens with two attached hydrogens (primary N) is 1. The predicted octanol–water partition coefficient (Wildman–Crippen LogP) is 0.441. The zero-order valence-electron chi connectivity index (χ0n) is 12.6. The highest BCUT2D eigenvalue weighted by Crippen LogP contribution is 2.07. The van der Waals surface area contributed by atoms with Gasteiger partial charge in [0, 0.05) is 11.7 Å². The minimum Gasteiger partial charge on any atom is -0.339 e. The van der Waals surface area contributed by atoms with E-state index < -0.39 is 0 Å². The quantitative estimate of drug-likeness (QED) is 0.330. The standard InChI is InChI=1S/C12H31B2N3/c1-5-12(3,4)16-9-7-6-8-10-17(14-13)11(2)15/h11,14,16H,5-10,13,15H2,1-4H3. The molecule has 0 aliphatic heterocycles. The van der Waals surface area contributed by atoms with Crippen LogP contribution in [0.1, 0.15) is 53.4 Å². The van der Waals surface area contributed by atoms with E-state index in [1.54, 1.807) is 0 Å². The van der Waals surface area contributed by atoms with Crippen LogP contribution in [-0.4, -0.2) is 44.6 Å². The lowest BCUT2D eigenvalue weighted by Crippen LogP contribution is -2.43. The number of hydrogen-bond donors (Lipinski definition) is 2. The van der Waals surface area contributed by atoms with Gasteiger partial charge in [-0.1, -0.05) is 13.3 Å². The minimum absolute atomic E-state index is 0.192. The van der Waals surface area contributed by atoms with Gasteiger partial charge in [0.25, 0.3) is 0 Å². The summed E-state index contributed by atoms with van der Waals surface area (Å²) in [6, 6.07) is 0. The maximum absolute atomic E-state index is 5.88. The number of nitrogens with one attached hydrogen (secondary N) is 1. The Morgan fingerprint density at radius 3 is 2.47 bits per heavy atom. The Bertz CT molecular complexity index is 187. The van der Waals surface area contributed by atoms with Crippen molar-refractivity contribution in [3.8, 4) is 0 Å². The molecule has 3 N–H and O–H groups in total. The van der Waals surface area contributed by atoms with Crippen molar-refractivity contribution < 1.29 is 0 Å². The van der Waals surface area contributed by atoms with Crippen molar-refractivity contribution in [1.29, 1.82) is 0 Å². The Balaban J connectivity index is 3.46. The summed E-state index contributed by atoms with van der Waals surface area (Å²) in [6.07, 6.45) is 5.18. The summed E-state index contributed by atoms with van der Waals surface area (Å²) in [4.78, 5) is 2.32. The van der Waals surface area contributed by atoms with E-state index in [4.69, 9.17) is 5.73 Å². The Hall–Kier alpha value is 0.00987. The molecule has 17 heavy (non-hydrogen) atoms. The zero-order chi connectivity index (χ0) is 13.3. The zero-order valence-corrected chi connectivity index (χ0v) is 12.6. The number of unbranched alkanes of at least 4 members (excludes halogenated alkanes) is 2. The van der Waals surface area contributed by atoms with E-state index in [-0.39, 0.29) is 6.17 Å². The van der Waals surface area contributed by atoms with Gasteiger partial charge in [-0.05, 0) is 53.1 Å². The van der Waals surface area contributed by atoms with Crippen LogP contribution in [0.15, 0.2) is 0 Å². The molecule has 1 unspecified atom stereocenters. The van der Waals surface area contributed by atoms with E-state index >= 15 is 0 Å². The third-order valence-electron chi connectivity index (χ3n) is 3.59. The molecule has 0 aromatic rings. The van der Waals surface area contributed by atoms with Crippen LogP contribution in [-0.2, 0) is 0 Å². The molecule has 3 nitrogen and oxygen atoms in total. The molecule has 0 spiro atoms. The second-order valence-electron chi connectivity index (χ2n) is 5.59. The summed E-state index contributed by atoms with van der Waals surface area (Å²) in [5.74, 6) is 0. The van der Waals surface area contributed by atoms with Gasteiger partial charge in [-0.3, -0.25) is 0 Å². The van der Waals surface area contributed by atoms with Gasteiger partial charge >= 0.3 is 0 Å². The Morgan fingerprint density at radius 2 is 2.00 bits per heavy atom. The van der Waals surface area contributed by atoms with Gasteiger partial charge in [0.2, 0.25) is 0 Å². The summed E-state index contributed by atoms with van der Waals surface area (Å²) in [7, 11) is 3.23. The summed E-state index contributed by atoms with van der Waals surface area (Å²) in [5, 5.41) is 3.60. The van der Waals surface area contributed by atoms with Crippen LogP contribution in [0.25, 0.3) is 0 Å². The summed E-state index contributed by atoms with van der Waals surface area (Å²) < 4.78 is 0. The lowest BCUT2D eigenvalue weighted by molar-refractivity contribution is 0.343. The van der Waals surface area contributed by atoms with Crippen molar-refractivity contribution >= 4 is 15.0 Å². The third-order valence-corrected chi connectivity index (χ3v) is 3.59. The molecule has 0 aliphatic carbocycles. The van der Waals surface area contributed by atoms with Crippen LogP contribution in [0.2, 0.25) is 0 Å². The van der Waals surface area contributed by atoms with Crippen molar-refractivity contribution in [3.63, 3.8) is 0 Å². The van der Waals surface area contributed by atoms with E-state index in [1.165, 1.54) is 25.7 Å². The van der Waals surface area contributed by atoms with Crippen LogP contribution >= 0.6 is 0 Å². The van der Waals surface area contributed by atoms with Crippen LogP contribution < -0.4 is 11.1 Å². The summed E-state index contributed by atoms with van der Waals surface area (Å²) >= 11 is 0. The second kappa shape index (κ2) is 9.01. The topological polar surface area (TPSA) is 41.3 Å². The molecule has 0 fully saturated rings. The largest absolute Gasteiger partial charge is 0.339 e. The Morgan fingerprint density at radius 1 is 1.35 bits per heavy atom. The molecule has 0 radical (unpaired) electrons. The highest BCUT2D eigenvalue weighted by atomic mass is 15.1. The molecule has 0 heterocycles. The Kier molecular flexibility index (Phi) is 9.01. The molecule has 0 aromatic heterocycles. The molecule has 0 bridgehead atoms. The van der Waals surface area contributed by atoms with Gasteiger partial charge in [0.1, 0.15) is 0 Å². The van der Waals surface area contributed by atoms with Gasteiger partial charge in [-0.15, -0.1) is 0 Å². The van der Waals surface area contributed by atoms with Crippen LogP contribution in [0.3, 0.4) is 0 Å². The van der Waals surface area contributed by atoms with Gasteiger partial charge in [-0.2, -0.15) is 0 Å². The first-order chi connectivity index (χ1) is 7.93. The van der Waals surface area contributed by atoms with Crippen molar-refractivity contribution in [3.05, 3.63) is 0 Å². The van der Waals surface area contributed by atoms with Crippen LogP contribution in [0, 0.1) is 0 Å². The van der Waals surface area contributed by atoms with Crippen molar-refractivity contribution in [1.82, 2.24) is 10.1 Å². The van der Waals surface area contributed by atoms with Crippen LogP contribution in [0.5, 0.6) is 0 Å². The third kappa shape index (κ3) is 8.70. The van der Waals surface area contributed by atoms with Gasteiger partial charge in [0.15, 0.2) is 7.31 Å². The van der Waals surface area contributed by atoms with Crippen molar-refractivity contribution in [2.45, 2.75) is 65.1 Å². The SMILES string of the molecule is BBN(CCCCCNC(C)(C)CC)C(C)N. The maximum Gasteiger partial charge on any atom is 0.163 e. The summed E-state index contributed by atoms with van der Waals surface area (Å²) in [6.45, 7) is 11.1. The average molecular weight is 239 g/mol. The molecule has 0 aromatic carbocycles. The summed E-state index contributed by atoms with van der Waals surface area (Å²) in [5.41, 5.74) is 6.17. The molecule has 1 atom stereocenters. The van der Waals surface area contributed by atoms with Gasteiger partial charge < -0.3 is 15.9 Å². The lowest BCUT2D eigenvalue weighted by atomic mass is 9.65. The highest BCUT2D eigenvalue weighted by Gasteiger charge is 2.12. The minimum atomic E-state index is 0.192. The molecular weight excluding hydrogens is 208 g/mol. The van der Waals surface area contributed by atoms with Crippen molar-refractivity contribution in [2.24, 2.45) is 5.73 Å². The first-order valence-electron chi connectivity index (χ1n) is 7.17. The van der Waals surface area contributed by atoms with Crippen molar-refractivity contribution in [2.75, 3.05) is 13.1 Å². The van der Waals surface area contributed by atoms with Crippen LogP contribution in [0.4, 0.5) is 0 Å². The fourth-order valence-corrected chi connectivity index (χ4v) is 1.82. The highest BCUT2D eigenvalue weighted by molar-refractivity contribution is 6.87. The number of hydrogen-bond acceptors (Lipinski definition) is 3. The molecule has 0 rings (SSSR count). The fourth-order valence-electron chi connectivity index (χ4n) is 1.82. The van der Waals surface area contributed by atoms with E-state index in [9.17, 15) is 0 Å². The predicted molar refractivity (Wildman–Crippen MR) is 82.3 cm³/mol. The van der Waals surface area contributed by atoms with Gasteiger partial charge in [0.05, 0.1) is 7.74 Å². The molecule has 0 aliphatic rings. The molecular formula is C12H31B2N3. The monoisotopic (exact) mass is 239 g/mol. The molecule has 5 heteroatoms. The van der Waals surface area contributed by atoms with E-state index in [2.05, 4.69) is 45.6 Å². The Labute approximate surface area is 110 Å². The second-order valence-corrected chi connectivity index (χ2v) is 5.59. The van der Waals surface area contributed by atoms with E-state index in [1.807, 2.05) is 0 Å². The molecule has 100 valence electrons. The average Bonchev–Trinajstić information content (AvgIpc) is 2.27. The molecule has 0 saturated heterocycles. The molecule has 0 saturated carbocycles. The smallest absolute Gasteiger partial charge is 0.163 e.